The van der Waals surface area contributed by atoms with E-state index in [-0.39, 0.29) is 0 Å². The molecule has 106 valence electrons. The van der Waals surface area contributed by atoms with Crippen molar-refractivity contribution in [3.63, 3.8) is 0 Å². The molecule has 0 saturated heterocycles. The van der Waals surface area contributed by atoms with Crippen LogP contribution in [0.4, 0.5) is 0 Å². The number of nitrogens with zero attached hydrogens (tertiary/aromatic N) is 1. The normalized spacial score (nSPS) is 17.8. The Morgan fingerprint density at radius 1 is 1.11 bits per heavy atom. The first-order valence-electron chi connectivity index (χ1n) is 7.62. The zero-order chi connectivity index (χ0) is 13.8. The number of rotatable bonds is 5. The molecule has 2 nitrogen and oxygen atoms in total. The summed E-state index contributed by atoms with van der Waals surface area (Å²) in [5, 5.41) is 3.61. The highest BCUT2D eigenvalue weighted by molar-refractivity contribution is 5.29. The smallest absolute Gasteiger partial charge is 0.0247 e. The van der Waals surface area contributed by atoms with Gasteiger partial charge >= 0.3 is 0 Å². The van der Waals surface area contributed by atoms with E-state index in [1.54, 1.807) is 0 Å². The van der Waals surface area contributed by atoms with Crippen molar-refractivity contribution in [2.75, 3.05) is 13.1 Å². The van der Waals surface area contributed by atoms with Crippen molar-refractivity contribution >= 4 is 0 Å². The molecule has 1 unspecified atom stereocenters. The van der Waals surface area contributed by atoms with Crippen LogP contribution < -0.4 is 5.32 Å². The van der Waals surface area contributed by atoms with Gasteiger partial charge in [0.2, 0.25) is 0 Å². The van der Waals surface area contributed by atoms with Gasteiger partial charge in [-0.3, -0.25) is 4.90 Å². The lowest BCUT2D eigenvalue weighted by Crippen LogP contribution is -2.48. The monoisotopic (exact) mass is 260 g/mol. The van der Waals surface area contributed by atoms with Gasteiger partial charge in [-0.05, 0) is 23.5 Å². The van der Waals surface area contributed by atoms with Crippen molar-refractivity contribution < 1.29 is 0 Å². The van der Waals surface area contributed by atoms with Gasteiger partial charge < -0.3 is 5.32 Å². The molecule has 2 rings (SSSR count). The Morgan fingerprint density at radius 3 is 2.42 bits per heavy atom. The maximum Gasteiger partial charge on any atom is 0.0247 e. The van der Waals surface area contributed by atoms with Gasteiger partial charge in [-0.2, -0.15) is 0 Å². The van der Waals surface area contributed by atoms with Crippen LogP contribution in [0.3, 0.4) is 0 Å². The molecule has 1 N–H and O–H groups in total. The molecule has 0 fully saturated rings. The van der Waals surface area contributed by atoms with E-state index < -0.39 is 0 Å². The van der Waals surface area contributed by atoms with E-state index in [1.165, 1.54) is 24.1 Å². The summed E-state index contributed by atoms with van der Waals surface area (Å²) < 4.78 is 0. The fourth-order valence-corrected chi connectivity index (χ4v) is 2.94. The third-order valence-electron chi connectivity index (χ3n) is 4.13. The van der Waals surface area contributed by atoms with Gasteiger partial charge in [0.1, 0.15) is 0 Å². The first kappa shape index (κ1) is 14.5. The fraction of sp³-hybridized carbons (Fsp3) is 0.647. The number of nitrogens with one attached hydrogen (secondary N) is 1. The molecule has 0 aromatic heterocycles. The van der Waals surface area contributed by atoms with Crippen molar-refractivity contribution in [1.82, 2.24) is 10.2 Å². The third-order valence-corrected chi connectivity index (χ3v) is 4.13. The van der Waals surface area contributed by atoms with Gasteiger partial charge in [0.05, 0.1) is 0 Å². The Balaban J connectivity index is 2.04. The summed E-state index contributed by atoms with van der Waals surface area (Å²) in [5.74, 6) is 0.691. The van der Waals surface area contributed by atoms with E-state index in [4.69, 9.17) is 0 Å². The second kappa shape index (κ2) is 6.53. The largest absolute Gasteiger partial charge is 0.313 e. The minimum atomic E-state index is 0.568. The summed E-state index contributed by atoms with van der Waals surface area (Å²) in [6.07, 6.45) is 1.20. The molecule has 0 bridgehead atoms. The average molecular weight is 260 g/mol. The molecule has 0 aliphatic carbocycles. The number of hydrogen-bond donors (Lipinski definition) is 1. The Labute approximate surface area is 118 Å². The molecule has 1 aliphatic rings. The van der Waals surface area contributed by atoms with E-state index in [0.717, 1.165) is 13.1 Å². The van der Waals surface area contributed by atoms with Crippen LogP contribution in [0.2, 0.25) is 0 Å². The lowest BCUT2D eigenvalue weighted by Gasteiger charge is -2.38. The van der Waals surface area contributed by atoms with Crippen LogP contribution in [0.25, 0.3) is 0 Å². The molecule has 0 saturated carbocycles. The van der Waals surface area contributed by atoms with E-state index in [2.05, 4.69) is 62.2 Å². The average Bonchev–Trinajstić information content (AvgIpc) is 2.38. The van der Waals surface area contributed by atoms with Crippen LogP contribution in [0.5, 0.6) is 0 Å². The van der Waals surface area contributed by atoms with Crippen molar-refractivity contribution in [2.24, 2.45) is 5.92 Å². The van der Waals surface area contributed by atoms with Crippen molar-refractivity contribution in [3.05, 3.63) is 35.4 Å². The summed E-state index contributed by atoms with van der Waals surface area (Å²) in [6, 6.07) is 10.1. The fourth-order valence-electron chi connectivity index (χ4n) is 2.94. The molecule has 2 heteroatoms. The second-order valence-electron chi connectivity index (χ2n) is 6.36. The lowest BCUT2D eigenvalue weighted by atomic mass is 9.95. The molecule has 1 atom stereocenters. The molecule has 1 aromatic rings. The summed E-state index contributed by atoms with van der Waals surface area (Å²) >= 11 is 0. The Hall–Kier alpha value is -0.860. The third kappa shape index (κ3) is 3.80. The van der Waals surface area contributed by atoms with Crippen LogP contribution >= 0.6 is 0 Å². The van der Waals surface area contributed by atoms with E-state index >= 15 is 0 Å². The van der Waals surface area contributed by atoms with Crippen LogP contribution in [-0.2, 0) is 13.0 Å². The van der Waals surface area contributed by atoms with E-state index in [9.17, 15) is 0 Å². The van der Waals surface area contributed by atoms with Crippen molar-refractivity contribution in [1.29, 1.82) is 0 Å². The molecular weight excluding hydrogens is 232 g/mol. The summed E-state index contributed by atoms with van der Waals surface area (Å²) in [5.41, 5.74) is 3.06. The maximum atomic E-state index is 3.61. The van der Waals surface area contributed by atoms with Crippen LogP contribution in [0.1, 0.15) is 38.8 Å². The number of benzene rings is 1. The molecule has 1 aliphatic heterocycles. The van der Waals surface area contributed by atoms with Gasteiger partial charge in [-0.25, -0.2) is 0 Å². The molecule has 0 radical (unpaired) electrons. The summed E-state index contributed by atoms with van der Waals surface area (Å²) in [4.78, 5) is 2.66. The topological polar surface area (TPSA) is 15.3 Å². The lowest BCUT2D eigenvalue weighted by molar-refractivity contribution is 0.134. The predicted octanol–water partition coefficient (Wildman–Crippen LogP) is 3.07. The van der Waals surface area contributed by atoms with Crippen molar-refractivity contribution in [2.45, 2.75) is 52.7 Å². The standard InChI is InChI=1S/C17H28N2/c1-13(2)17(11-18-14(3)4)19-10-9-15-7-5-6-8-16(15)12-19/h5-8,13-14,17-18H,9-12H2,1-4H3. The Bertz CT molecular complexity index is 398. The Kier molecular flexibility index (Phi) is 5.00. The molecule has 19 heavy (non-hydrogen) atoms. The number of fused-ring (bicyclic) bond motifs is 1. The molecular formula is C17H28N2. The highest BCUT2D eigenvalue weighted by Gasteiger charge is 2.25. The zero-order valence-corrected chi connectivity index (χ0v) is 12.8. The molecule has 0 spiro atoms. The first-order chi connectivity index (χ1) is 9.08. The van der Waals surface area contributed by atoms with Gasteiger partial charge in [-0.15, -0.1) is 0 Å². The summed E-state index contributed by atoms with van der Waals surface area (Å²) in [6.45, 7) is 12.5. The highest BCUT2D eigenvalue weighted by Crippen LogP contribution is 2.22. The quantitative estimate of drug-likeness (QED) is 0.875. The van der Waals surface area contributed by atoms with Crippen LogP contribution in [0.15, 0.2) is 24.3 Å². The van der Waals surface area contributed by atoms with Crippen LogP contribution in [-0.4, -0.2) is 30.1 Å². The Morgan fingerprint density at radius 2 is 1.79 bits per heavy atom. The second-order valence-corrected chi connectivity index (χ2v) is 6.36. The molecule has 1 heterocycles. The minimum Gasteiger partial charge on any atom is -0.313 e. The minimum absolute atomic E-state index is 0.568. The number of hydrogen-bond acceptors (Lipinski definition) is 2. The van der Waals surface area contributed by atoms with E-state index in [1.807, 2.05) is 0 Å². The first-order valence-corrected chi connectivity index (χ1v) is 7.62. The predicted molar refractivity (Wildman–Crippen MR) is 82.3 cm³/mol. The molecule has 1 aromatic carbocycles. The van der Waals surface area contributed by atoms with Gasteiger partial charge in [0.25, 0.3) is 0 Å². The SMILES string of the molecule is CC(C)NCC(C(C)C)N1CCc2ccccc2C1. The zero-order valence-electron chi connectivity index (χ0n) is 12.8. The maximum absolute atomic E-state index is 3.61. The van der Waals surface area contributed by atoms with Gasteiger partial charge in [0, 0.05) is 31.7 Å². The summed E-state index contributed by atoms with van der Waals surface area (Å²) in [7, 11) is 0. The van der Waals surface area contributed by atoms with E-state index in [0.29, 0.717) is 18.0 Å². The van der Waals surface area contributed by atoms with Gasteiger partial charge in [0.15, 0.2) is 0 Å². The highest BCUT2D eigenvalue weighted by atomic mass is 15.2. The van der Waals surface area contributed by atoms with Crippen molar-refractivity contribution in [3.8, 4) is 0 Å². The van der Waals surface area contributed by atoms with Crippen LogP contribution in [0, 0.1) is 5.92 Å². The van der Waals surface area contributed by atoms with Gasteiger partial charge in [-0.1, -0.05) is 52.0 Å². The molecule has 0 amide bonds.